The van der Waals surface area contributed by atoms with Crippen molar-refractivity contribution in [1.82, 2.24) is 14.8 Å². The number of carboxylic acid groups (broad SMARTS) is 1. The molecule has 1 aliphatic carbocycles. The monoisotopic (exact) mass is 467 g/mol. The zero-order chi connectivity index (χ0) is 23.2. The van der Waals surface area contributed by atoms with Gasteiger partial charge < -0.3 is 15.7 Å². The second-order valence-electron chi connectivity index (χ2n) is 7.31. The lowest BCUT2D eigenvalue weighted by molar-refractivity contribution is -0.166. The van der Waals surface area contributed by atoms with Gasteiger partial charge >= 0.3 is 12.1 Å². The van der Waals surface area contributed by atoms with E-state index >= 15 is 0 Å². The average Bonchev–Trinajstić information content (AvgIpc) is 3.49. The Morgan fingerprint density at radius 2 is 2.00 bits per heavy atom. The van der Waals surface area contributed by atoms with Crippen LogP contribution in [0.5, 0.6) is 0 Å². The zero-order valence-electron chi connectivity index (χ0n) is 16.4. The van der Waals surface area contributed by atoms with E-state index < -0.39 is 23.7 Å². The number of aromatic carboxylic acids is 1. The molecule has 1 amide bonds. The van der Waals surface area contributed by atoms with Crippen molar-refractivity contribution in [3.05, 3.63) is 39.8 Å². The highest BCUT2D eigenvalue weighted by molar-refractivity contribution is 7.17. The number of carboxylic acids is 1. The van der Waals surface area contributed by atoms with Crippen molar-refractivity contribution in [2.75, 3.05) is 10.6 Å². The molecule has 1 unspecified atom stereocenters. The third-order valence-corrected chi connectivity index (χ3v) is 5.90. The molecule has 0 radical (unpaired) electrons. The summed E-state index contributed by atoms with van der Waals surface area (Å²) in [6.07, 6.45) is -0.943. The molecule has 168 valence electrons. The van der Waals surface area contributed by atoms with Crippen LogP contribution in [0, 0.1) is 5.92 Å². The number of fused-ring (bicyclic) bond motifs is 1. The Bertz CT molecular complexity index is 1280. The molecular formula is C19H16F3N5O4S. The third kappa shape index (κ3) is 4.15. The van der Waals surface area contributed by atoms with Gasteiger partial charge in [0.05, 0.1) is 27.7 Å². The number of halogens is 3. The first-order valence-electron chi connectivity index (χ1n) is 9.43. The second kappa shape index (κ2) is 7.89. The molecule has 0 aromatic carbocycles. The maximum atomic E-state index is 13.1. The van der Waals surface area contributed by atoms with Gasteiger partial charge in [-0.25, -0.2) is 14.5 Å². The van der Waals surface area contributed by atoms with E-state index in [1.165, 1.54) is 11.4 Å². The predicted molar refractivity (Wildman–Crippen MR) is 110 cm³/mol. The Hall–Kier alpha value is -3.48. The number of thiophene rings is 1. The number of alkyl halides is 3. The van der Waals surface area contributed by atoms with E-state index in [0.717, 1.165) is 43.5 Å². The van der Waals surface area contributed by atoms with Gasteiger partial charge in [-0.3, -0.25) is 9.59 Å². The molecule has 32 heavy (non-hydrogen) atoms. The number of anilines is 3. The lowest BCUT2D eigenvalue weighted by atomic mass is 10.2. The molecule has 1 atom stereocenters. The van der Waals surface area contributed by atoms with Crippen LogP contribution in [0.25, 0.3) is 10.1 Å². The number of aromatic nitrogens is 3. The average molecular weight is 467 g/mol. The highest BCUT2D eigenvalue weighted by Gasteiger charge is 2.39. The SMILES string of the molecule is CC(n1ncc2scc(Nc3cc(NC(=O)C4CC4)ncc3C(=O)O)c2c1=O)C(F)(F)F. The Kier molecular flexibility index (Phi) is 5.36. The number of nitrogens with zero attached hydrogens (tertiary/aromatic N) is 3. The molecule has 3 N–H and O–H groups in total. The van der Waals surface area contributed by atoms with Crippen molar-refractivity contribution in [2.45, 2.75) is 32.0 Å². The van der Waals surface area contributed by atoms with Crippen LogP contribution in [0.15, 0.2) is 28.6 Å². The van der Waals surface area contributed by atoms with Crippen LogP contribution in [0.2, 0.25) is 0 Å². The Morgan fingerprint density at radius 1 is 1.28 bits per heavy atom. The summed E-state index contributed by atoms with van der Waals surface area (Å²) in [4.78, 5) is 40.3. The fourth-order valence-corrected chi connectivity index (χ4v) is 3.84. The third-order valence-electron chi connectivity index (χ3n) is 4.98. The first-order chi connectivity index (χ1) is 15.1. The van der Waals surface area contributed by atoms with Crippen LogP contribution in [0.4, 0.5) is 30.4 Å². The van der Waals surface area contributed by atoms with Gasteiger partial charge in [0.15, 0.2) is 0 Å². The van der Waals surface area contributed by atoms with Gasteiger partial charge in [0.1, 0.15) is 17.4 Å². The summed E-state index contributed by atoms with van der Waals surface area (Å²) in [5.74, 6) is -1.54. The van der Waals surface area contributed by atoms with Crippen molar-refractivity contribution in [3.8, 4) is 0 Å². The van der Waals surface area contributed by atoms with Crippen molar-refractivity contribution in [2.24, 2.45) is 5.92 Å². The Morgan fingerprint density at radius 3 is 2.62 bits per heavy atom. The summed E-state index contributed by atoms with van der Waals surface area (Å²) < 4.78 is 40.0. The maximum Gasteiger partial charge on any atom is 0.410 e. The molecule has 1 saturated carbocycles. The second-order valence-corrected chi connectivity index (χ2v) is 8.22. The molecule has 1 aliphatic rings. The Labute approximate surface area is 181 Å². The smallest absolute Gasteiger partial charge is 0.410 e. The number of carbonyl (C=O) groups excluding carboxylic acids is 1. The molecule has 4 rings (SSSR count). The normalized spacial score (nSPS) is 14.9. The van der Waals surface area contributed by atoms with Gasteiger partial charge in [-0.1, -0.05) is 0 Å². The molecule has 13 heteroatoms. The largest absolute Gasteiger partial charge is 0.478 e. The van der Waals surface area contributed by atoms with Crippen LogP contribution >= 0.6 is 11.3 Å². The fraction of sp³-hybridized carbons (Fsp3) is 0.316. The van der Waals surface area contributed by atoms with Crippen LogP contribution in [0.1, 0.15) is 36.2 Å². The molecule has 0 saturated heterocycles. The standard InChI is InChI=1S/C19H16F3N5O4S/c1-8(19(20,21)22)27-17(29)15-12(7-32-13(15)6-24-27)25-11-4-14(23-5-10(11)18(30)31)26-16(28)9-2-3-9/h4-9H,2-3H2,1H3,(H,30,31)(H2,23,25,26,28). The van der Waals surface area contributed by atoms with Crippen molar-refractivity contribution >= 4 is 50.5 Å². The molecular weight excluding hydrogens is 451 g/mol. The van der Waals surface area contributed by atoms with Crippen LogP contribution in [-0.4, -0.2) is 37.9 Å². The van der Waals surface area contributed by atoms with Crippen LogP contribution in [-0.2, 0) is 4.79 Å². The summed E-state index contributed by atoms with van der Waals surface area (Å²) in [6.45, 7) is 0.819. The van der Waals surface area contributed by atoms with Gasteiger partial charge in [-0.05, 0) is 19.8 Å². The molecule has 0 aliphatic heterocycles. The van der Waals surface area contributed by atoms with E-state index in [2.05, 4.69) is 20.7 Å². The number of hydrogen-bond donors (Lipinski definition) is 3. The Balaban J connectivity index is 1.74. The lowest BCUT2D eigenvalue weighted by Gasteiger charge is -2.17. The number of amides is 1. The zero-order valence-corrected chi connectivity index (χ0v) is 17.3. The molecule has 3 aromatic rings. The van der Waals surface area contributed by atoms with E-state index in [1.807, 2.05) is 0 Å². The fourth-order valence-electron chi connectivity index (χ4n) is 2.99. The highest BCUT2D eigenvalue weighted by Crippen LogP contribution is 2.34. The van der Waals surface area contributed by atoms with Gasteiger partial charge in [0.25, 0.3) is 5.56 Å². The molecule has 9 nitrogen and oxygen atoms in total. The molecule has 3 heterocycles. The molecule has 0 bridgehead atoms. The van der Waals surface area contributed by atoms with E-state index in [9.17, 15) is 32.7 Å². The summed E-state index contributed by atoms with van der Waals surface area (Å²) in [7, 11) is 0. The number of carbonyl (C=O) groups is 2. The van der Waals surface area contributed by atoms with Crippen molar-refractivity contribution in [3.63, 3.8) is 0 Å². The van der Waals surface area contributed by atoms with Gasteiger partial charge in [0.2, 0.25) is 5.91 Å². The van der Waals surface area contributed by atoms with E-state index in [1.54, 1.807) is 0 Å². The van der Waals surface area contributed by atoms with E-state index in [4.69, 9.17) is 0 Å². The minimum Gasteiger partial charge on any atom is -0.478 e. The number of rotatable bonds is 6. The highest BCUT2D eigenvalue weighted by atomic mass is 32.1. The summed E-state index contributed by atoms with van der Waals surface area (Å²) >= 11 is 1.06. The summed E-state index contributed by atoms with van der Waals surface area (Å²) in [5.41, 5.74) is -1.07. The first kappa shape index (κ1) is 21.7. The van der Waals surface area contributed by atoms with Gasteiger partial charge in [0, 0.05) is 23.6 Å². The van der Waals surface area contributed by atoms with Crippen LogP contribution < -0.4 is 16.2 Å². The maximum absolute atomic E-state index is 13.1. The van der Waals surface area contributed by atoms with Crippen molar-refractivity contribution in [1.29, 1.82) is 0 Å². The number of nitrogens with one attached hydrogen (secondary N) is 2. The van der Waals surface area contributed by atoms with Crippen molar-refractivity contribution < 1.29 is 27.9 Å². The summed E-state index contributed by atoms with van der Waals surface area (Å²) in [6, 6.07) is -0.849. The number of pyridine rings is 1. The minimum atomic E-state index is -4.68. The quantitative estimate of drug-likeness (QED) is 0.504. The topological polar surface area (TPSA) is 126 Å². The molecule has 0 spiro atoms. The number of hydrogen-bond acceptors (Lipinski definition) is 7. The molecule has 3 aromatic heterocycles. The minimum absolute atomic E-state index is 0.0185. The van der Waals surface area contributed by atoms with Gasteiger partial charge in [-0.15, -0.1) is 11.3 Å². The predicted octanol–water partition coefficient (Wildman–Crippen LogP) is 3.77. The molecule has 1 fully saturated rings. The summed E-state index contributed by atoms with van der Waals surface area (Å²) in [5, 5.41) is 19.9. The van der Waals surface area contributed by atoms with E-state index in [0.29, 0.717) is 9.38 Å². The van der Waals surface area contributed by atoms with Crippen LogP contribution in [0.3, 0.4) is 0 Å². The van der Waals surface area contributed by atoms with Gasteiger partial charge in [-0.2, -0.15) is 18.3 Å². The first-order valence-corrected chi connectivity index (χ1v) is 10.3. The lowest BCUT2D eigenvalue weighted by Crippen LogP contribution is -2.34. The van der Waals surface area contributed by atoms with E-state index in [-0.39, 0.29) is 40.0 Å².